The molecule has 2 aromatic rings. The van der Waals surface area contributed by atoms with Crippen molar-refractivity contribution < 1.29 is 9.90 Å². The van der Waals surface area contributed by atoms with Gasteiger partial charge in [0.15, 0.2) is 0 Å². The average molecular weight is 303 g/mol. The number of carboxylic acid groups (broad SMARTS) is 1. The second-order valence-corrected chi connectivity index (χ2v) is 5.92. The monoisotopic (exact) mass is 303 g/mol. The van der Waals surface area contributed by atoms with Crippen molar-refractivity contribution in [3.8, 4) is 0 Å². The zero-order valence-electron chi connectivity index (χ0n) is 12.0. The van der Waals surface area contributed by atoms with Crippen LogP contribution in [0, 0.1) is 0 Å². The Morgan fingerprint density at radius 3 is 2.76 bits per heavy atom. The molecular weight excluding hydrogens is 282 g/mol. The highest BCUT2D eigenvalue weighted by atomic mass is 32.1. The molecule has 112 valence electrons. The predicted octanol–water partition coefficient (Wildman–Crippen LogP) is 4.21. The van der Waals surface area contributed by atoms with E-state index in [0.717, 1.165) is 16.5 Å². The third-order valence-electron chi connectivity index (χ3n) is 3.52. The van der Waals surface area contributed by atoms with Crippen LogP contribution in [0.4, 0.5) is 0 Å². The number of allylic oxidation sites excluding steroid dienone is 2. The van der Waals surface area contributed by atoms with Crippen LogP contribution in [0.3, 0.4) is 0 Å². The van der Waals surface area contributed by atoms with E-state index >= 15 is 0 Å². The Balaban J connectivity index is 0.000000194. The molecule has 2 N–H and O–H groups in total. The van der Waals surface area contributed by atoms with Crippen molar-refractivity contribution >= 4 is 29.5 Å². The fourth-order valence-electron chi connectivity index (χ4n) is 2.36. The summed E-state index contributed by atoms with van der Waals surface area (Å²) >= 11 is 4.31. The summed E-state index contributed by atoms with van der Waals surface area (Å²) in [6.45, 7) is 0. The van der Waals surface area contributed by atoms with Gasteiger partial charge in [-0.15, -0.1) is 0 Å². The normalized spacial score (nSPS) is 17.3. The third kappa shape index (κ3) is 4.97. The van der Waals surface area contributed by atoms with Gasteiger partial charge >= 0.3 is 5.97 Å². The van der Waals surface area contributed by atoms with E-state index in [2.05, 4.69) is 29.8 Å². The van der Waals surface area contributed by atoms with Crippen molar-refractivity contribution in [3.05, 3.63) is 48.2 Å². The molecule has 0 amide bonds. The van der Waals surface area contributed by atoms with Gasteiger partial charge in [-0.1, -0.05) is 30.4 Å². The lowest BCUT2D eigenvalue weighted by atomic mass is 10.1. The molecule has 0 spiro atoms. The zero-order chi connectivity index (χ0) is 15.1. The van der Waals surface area contributed by atoms with E-state index in [0.29, 0.717) is 11.7 Å². The molecule has 0 aliphatic heterocycles. The number of nitrogens with one attached hydrogen (secondary N) is 1. The second kappa shape index (κ2) is 7.93. The van der Waals surface area contributed by atoms with Gasteiger partial charge in [-0.25, -0.2) is 0 Å². The summed E-state index contributed by atoms with van der Waals surface area (Å²) in [6.07, 6.45) is 10.7. The maximum atomic E-state index is 10.4. The average Bonchev–Trinajstić information content (AvgIpc) is 2.90. The van der Waals surface area contributed by atoms with Crippen molar-refractivity contribution in [2.75, 3.05) is 0 Å². The summed E-state index contributed by atoms with van der Waals surface area (Å²) < 4.78 is 0. The van der Waals surface area contributed by atoms with Gasteiger partial charge in [-0.3, -0.25) is 4.79 Å². The molecule has 21 heavy (non-hydrogen) atoms. The van der Waals surface area contributed by atoms with Gasteiger partial charge in [-0.05, 0) is 37.3 Å². The number of H-pyrrole nitrogens is 1. The van der Waals surface area contributed by atoms with Gasteiger partial charge in [0.05, 0.1) is 0 Å². The van der Waals surface area contributed by atoms with Crippen LogP contribution >= 0.6 is 12.6 Å². The van der Waals surface area contributed by atoms with Gasteiger partial charge < -0.3 is 10.1 Å². The Hall–Kier alpha value is -1.68. The maximum absolute atomic E-state index is 10.4. The van der Waals surface area contributed by atoms with E-state index in [1.54, 1.807) is 0 Å². The molecule has 0 radical (unpaired) electrons. The summed E-state index contributed by atoms with van der Waals surface area (Å²) in [7, 11) is 0. The molecule has 1 heterocycles. The number of thiol groups is 1. The molecule has 1 atom stereocenters. The summed E-state index contributed by atoms with van der Waals surface area (Å²) in [6, 6.07) is 7.91. The molecule has 1 aromatic carbocycles. The fraction of sp³-hybridized carbons (Fsp3) is 0.353. The van der Waals surface area contributed by atoms with E-state index in [1.807, 2.05) is 30.5 Å². The van der Waals surface area contributed by atoms with Crippen molar-refractivity contribution in [1.29, 1.82) is 0 Å². The quantitative estimate of drug-likeness (QED) is 0.587. The molecule has 1 aliphatic rings. The van der Waals surface area contributed by atoms with Gasteiger partial charge in [-0.2, -0.15) is 12.6 Å². The number of rotatable bonds is 3. The Labute approximate surface area is 130 Å². The highest BCUT2D eigenvalue weighted by molar-refractivity contribution is 7.80. The number of aromatic amines is 1. The molecule has 0 saturated heterocycles. The second-order valence-electron chi connectivity index (χ2n) is 5.19. The Kier molecular flexibility index (Phi) is 5.93. The predicted molar refractivity (Wildman–Crippen MR) is 90.0 cm³/mol. The SMILES string of the molecule is O=C(O)CCc1c[nH]c2ccccc12.SC1CC=CCC1. The summed E-state index contributed by atoms with van der Waals surface area (Å²) in [5, 5.41) is 10.3. The molecule has 1 unspecified atom stereocenters. The van der Waals surface area contributed by atoms with Crippen molar-refractivity contribution in [3.63, 3.8) is 0 Å². The van der Waals surface area contributed by atoms with Crippen molar-refractivity contribution in [2.45, 2.75) is 37.4 Å². The smallest absolute Gasteiger partial charge is 0.303 e. The number of aryl methyl sites for hydroxylation is 1. The van der Waals surface area contributed by atoms with Crippen LogP contribution in [0.1, 0.15) is 31.2 Å². The summed E-state index contributed by atoms with van der Waals surface area (Å²) in [5.74, 6) is -0.754. The first kappa shape index (κ1) is 15.7. The fourth-order valence-corrected chi connectivity index (χ4v) is 2.63. The number of fused-ring (bicyclic) bond motifs is 1. The number of carbonyl (C=O) groups is 1. The number of aliphatic carboxylic acids is 1. The number of hydrogen-bond acceptors (Lipinski definition) is 2. The molecule has 3 nitrogen and oxygen atoms in total. The molecular formula is C17H21NO2S. The largest absolute Gasteiger partial charge is 0.481 e. The molecule has 1 aliphatic carbocycles. The topological polar surface area (TPSA) is 53.1 Å². The Morgan fingerprint density at radius 2 is 2.14 bits per heavy atom. The number of para-hydroxylation sites is 1. The van der Waals surface area contributed by atoms with Crippen molar-refractivity contribution in [1.82, 2.24) is 4.98 Å². The van der Waals surface area contributed by atoms with E-state index in [9.17, 15) is 4.79 Å². The van der Waals surface area contributed by atoms with Gasteiger partial charge in [0, 0.05) is 28.8 Å². The summed E-state index contributed by atoms with van der Waals surface area (Å²) in [4.78, 5) is 13.5. The highest BCUT2D eigenvalue weighted by Gasteiger charge is 2.04. The van der Waals surface area contributed by atoms with Gasteiger partial charge in [0.25, 0.3) is 0 Å². The minimum absolute atomic E-state index is 0.182. The van der Waals surface area contributed by atoms with Gasteiger partial charge in [0.1, 0.15) is 0 Å². The van der Waals surface area contributed by atoms with Crippen LogP contribution in [0.15, 0.2) is 42.6 Å². The van der Waals surface area contributed by atoms with Gasteiger partial charge in [0.2, 0.25) is 0 Å². The molecule has 0 fully saturated rings. The van der Waals surface area contributed by atoms with E-state index in [4.69, 9.17) is 5.11 Å². The number of hydrogen-bond donors (Lipinski definition) is 3. The van der Waals surface area contributed by atoms with Crippen LogP contribution in [0.5, 0.6) is 0 Å². The zero-order valence-corrected chi connectivity index (χ0v) is 12.9. The van der Waals surface area contributed by atoms with Crippen molar-refractivity contribution in [2.24, 2.45) is 0 Å². The Bertz CT molecular complexity index is 618. The van der Waals surface area contributed by atoms with Crippen LogP contribution in [-0.2, 0) is 11.2 Å². The van der Waals surface area contributed by atoms with Crippen LogP contribution in [-0.4, -0.2) is 21.3 Å². The van der Waals surface area contributed by atoms with Crippen LogP contribution in [0.2, 0.25) is 0 Å². The standard InChI is InChI=1S/C11H11NO2.C6H10S/c13-11(14)6-5-8-7-12-10-4-2-1-3-9(8)10;7-6-4-2-1-3-5-6/h1-4,7,12H,5-6H2,(H,13,14);1-2,6-7H,3-5H2. The first-order chi connectivity index (χ1) is 10.2. The first-order valence-corrected chi connectivity index (χ1v) is 7.78. The molecule has 4 heteroatoms. The first-order valence-electron chi connectivity index (χ1n) is 7.26. The van der Waals surface area contributed by atoms with Crippen LogP contribution < -0.4 is 0 Å². The maximum Gasteiger partial charge on any atom is 0.303 e. The third-order valence-corrected chi connectivity index (χ3v) is 3.99. The lowest BCUT2D eigenvalue weighted by molar-refractivity contribution is -0.136. The van der Waals surface area contributed by atoms with E-state index in [-0.39, 0.29) is 6.42 Å². The minimum Gasteiger partial charge on any atom is -0.481 e. The molecule has 0 bridgehead atoms. The molecule has 1 aromatic heterocycles. The number of carboxylic acids is 1. The van der Waals surface area contributed by atoms with E-state index < -0.39 is 5.97 Å². The number of aromatic nitrogens is 1. The molecule has 3 rings (SSSR count). The lowest BCUT2D eigenvalue weighted by Crippen LogP contribution is -1.98. The van der Waals surface area contributed by atoms with E-state index in [1.165, 1.54) is 19.3 Å². The highest BCUT2D eigenvalue weighted by Crippen LogP contribution is 2.18. The summed E-state index contributed by atoms with van der Waals surface area (Å²) in [5.41, 5.74) is 2.14. The lowest BCUT2D eigenvalue weighted by Gasteiger charge is -2.08. The minimum atomic E-state index is -0.754. The Morgan fingerprint density at radius 1 is 1.33 bits per heavy atom. The van der Waals surface area contributed by atoms with Crippen LogP contribution in [0.25, 0.3) is 10.9 Å². The number of benzene rings is 1. The molecule has 0 saturated carbocycles.